The number of hydrogen-bond acceptors (Lipinski definition) is 4. The Bertz CT molecular complexity index is 963. The molecule has 0 unspecified atom stereocenters. The van der Waals surface area contributed by atoms with Gasteiger partial charge < -0.3 is 14.4 Å². The third-order valence-corrected chi connectivity index (χ3v) is 4.67. The lowest BCUT2D eigenvalue weighted by Gasteiger charge is -2.21. The Morgan fingerprint density at radius 3 is 2.59 bits per heavy atom. The van der Waals surface area contributed by atoms with Crippen molar-refractivity contribution in [2.75, 3.05) is 13.3 Å². The van der Waals surface area contributed by atoms with Crippen LogP contribution in [0.5, 0.6) is 11.5 Å². The van der Waals surface area contributed by atoms with Crippen LogP contribution in [-0.4, -0.2) is 33.9 Å². The monoisotopic (exact) mass is 363 g/mol. The highest BCUT2D eigenvalue weighted by molar-refractivity contribution is 5.94. The van der Waals surface area contributed by atoms with Gasteiger partial charge in [0.15, 0.2) is 11.5 Å². The molecule has 0 spiro atoms. The molecule has 0 radical (unpaired) electrons. The third-order valence-electron chi connectivity index (χ3n) is 4.67. The van der Waals surface area contributed by atoms with Crippen LogP contribution in [0.1, 0.15) is 28.5 Å². The number of benzene rings is 2. The molecule has 0 N–H and O–H groups in total. The van der Waals surface area contributed by atoms with Crippen LogP contribution in [0.3, 0.4) is 0 Å². The molecular formula is C21H21N3O3. The van der Waals surface area contributed by atoms with Gasteiger partial charge in [-0.25, -0.2) is 4.68 Å². The maximum atomic E-state index is 12.9. The first-order valence-corrected chi connectivity index (χ1v) is 8.94. The fraction of sp³-hybridized carbons (Fsp3) is 0.238. The molecule has 6 heteroatoms. The molecule has 2 heterocycles. The first-order chi connectivity index (χ1) is 13.2. The molecule has 1 aliphatic heterocycles. The van der Waals surface area contributed by atoms with E-state index in [0.29, 0.717) is 18.7 Å². The summed E-state index contributed by atoms with van der Waals surface area (Å²) in [4.78, 5) is 14.7. The molecule has 6 nitrogen and oxygen atoms in total. The van der Waals surface area contributed by atoms with E-state index in [9.17, 15) is 4.79 Å². The molecule has 0 saturated heterocycles. The second kappa shape index (κ2) is 7.15. The number of carbonyl (C=O) groups excluding carboxylic acids is 1. The van der Waals surface area contributed by atoms with Gasteiger partial charge in [0, 0.05) is 30.5 Å². The summed E-state index contributed by atoms with van der Waals surface area (Å²) >= 11 is 0. The second-order valence-corrected chi connectivity index (χ2v) is 6.44. The summed E-state index contributed by atoms with van der Waals surface area (Å²) in [6, 6.07) is 15.3. The van der Waals surface area contributed by atoms with Crippen molar-refractivity contribution in [2.45, 2.75) is 20.4 Å². The Morgan fingerprint density at radius 1 is 1.11 bits per heavy atom. The molecule has 3 aromatic rings. The number of aromatic nitrogens is 2. The van der Waals surface area contributed by atoms with Crippen LogP contribution >= 0.6 is 0 Å². The van der Waals surface area contributed by atoms with Crippen molar-refractivity contribution in [1.29, 1.82) is 0 Å². The average molecular weight is 363 g/mol. The summed E-state index contributed by atoms with van der Waals surface area (Å²) in [5.41, 5.74) is 3.66. The Balaban J connectivity index is 1.51. The van der Waals surface area contributed by atoms with Gasteiger partial charge in [-0.3, -0.25) is 4.79 Å². The molecule has 27 heavy (non-hydrogen) atoms. The highest BCUT2D eigenvalue weighted by Crippen LogP contribution is 2.32. The first-order valence-electron chi connectivity index (χ1n) is 8.94. The van der Waals surface area contributed by atoms with Crippen LogP contribution < -0.4 is 9.47 Å². The van der Waals surface area contributed by atoms with Crippen LogP contribution in [-0.2, 0) is 6.54 Å². The van der Waals surface area contributed by atoms with Gasteiger partial charge >= 0.3 is 0 Å². The van der Waals surface area contributed by atoms with E-state index in [1.807, 2.05) is 72.0 Å². The van der Waals surface area contributed by atoms with Crippen molar-refractivity contribution in [1.82, 2.24) is 14.7 Å². The number of rotatable bonds is 5. The van der Waals surface area contributed by atoms with Gasteiger partial charge in [0.05, 0.1) is 5.69 Å². The minimum atomic E-state index is -0.00101. The minimum Gasteiger partial charge on any atom is -0.454 e. The van der Waals surface area contributed by atoms with E-state index in [0.717, 1.165) is 28.4 Å². The van der Waals surface area contributed by atoms with Gasteiger partial charge in [0.25, 0.3) is 5.91 Å². The molecule has 1 aromatic heterocycles. The van der Waals surface area contributed by atoms with E-state index in [4.69, 9.17) is 9.47 Å². The molecule has 0 fully saturated rings. The van der Waals surface area contributed by atoms with Gasteiger partial charge in [0.2, 0.25) is 6.79 Å². The van der Waals surface area contributed by atoms with Crippen LogP contribution in [0.2, 0.25) is 0 Å². The number of carbonyl (C=O) groups is 1. The van der Waals surface area contributed by atoms with Crippen molar-refractivity contribution in [3.8, 4) is 17.2 Å². The summed E-state index contributed by atoms with van der Waals surface area (Å²) in [7, 11) is 0. The van der Waals surface area contributed by atoms with Gasteiger partial charge in [-0.1, -0.05) is 6.07 Å². The van der Waals surface area contributed by atoms with Crippen LogP contribution in [0.15, 0.2) is 54.7 Å². The lowest BCUT2D eigenvalue weighted by atomic mass is 10.1. The Morgan fingerprint density at radius 2 is 1.89 bits per heavy atom. The summed E-state index contributed by atoms with van der Waals surface area (Å²) in [5.74, 6) is 1.48. The molecule has 0 atom stereocenters. The quantitative estimate of drug-likeness (QED) is 0.695. The Labute approximate surface area is 157 Å². The number of hydrogen-bond donors (Lipinski definition) is 0. The van der Waals surface area contributed by atoms with E-state index >= 15 is 0 Å². The van der Waals surface area contributed by atoms with Crippen molar-refractivity contribution in [3.05, 3.63) is 71.5 Å². The zero-order chi connectivity index (χ0) is 18.8. The highest BCUT2D eigenvalue weighted by Gasteiger charge is 2.18. The number of aryl methyl sites for hydroxylation is 1. The largest absolute Gasteiger partial charge is 0.454 e. The standard InChI is InChI=1S/C21H21N3O3/c1-3-23(13-16-4-9-19-20(12-16)27-14-26-19)21(25)17-5-7-18(8-6-17)24-15(2)10-11-22-24/h4-12H,3,13-14H2,1-2H3. The maximum Gasteiger partial charge on any atom is 0.254 e. The summed E-state index contributed by atoms with van der Waals surface area (Å²) in [6.45, 7) is 5.36. The van der Waals surface area contributed by atoms with Crippen molar-refractivity contribution < 1.29 is 14.3 Å². The molecule has 1 aliphatic rings. The van der Waals surface area contributed by atoms with Crippen LogP contribution in [0, 0.1) is 6.92 Å². The molecule has 1 amide bonds. The lowest BCUT2D eigenvalue weighted by Crippen LogP contribution is -2.30. The molecule has 0 bridgehead atoms. The zero-order valence-corrected chi connectivity index (χ0v) is 15.4. The molecule has 0 saturated carbocycles. The van der Waals surface area contributed by atoms with Crippen molar-refractivity contribution >= 4 is 5.91 Å². The number of fused-ring (bicyclic) bond motifs is 1. The van der Waals surface area contributed by atoms with E-state index < -0.39 is 0 Å². The lowest BCUT2D eigenvalue weighted by molar-refractivity contribution is 0.0752. The average Bonchev–Trinajstić information content (AvgIpc) is 3.34. The van der Waals surface area contributed by atoms with Gasteiger partial charge in [-0.05, 0) is 61.9 Å². The molecule has 4 rings (SSSR count). The number of ether oxygens (including phenoxy) is 2. The predicted molar refractivity (Wildman–Crippen MR) is 101 cm³/mol. The minimum absolute atomic E-state index is 0.00101. The number of amides is 1. The van der Waals surface area contributed by atoms with Crippen molar-refractivity contribution in [3.63, 3.8) is 0 Å². The van der Waals surface area contributed by atoms with Gasteiger partial charge in [-0.2, -0.15) is 5.10 Å². The van der Waals surface area contributed by atoms with E-state index in [1.54, 1.807) is 6.20 Å². The van der Waals surface area contributed by atoms with Gasteiger partial charge in [0.1, 0.15) is 0 Å². The number of nitrogens with zero attached hydrogens (tertiary/aromatic N) is 3. The highest BCUT2D eigenvalue weighted by atomic mass is 16.7. The fourth-order valence-corrected chi connectivity index (χ4v) is 3.15. The summed E-state index contributed by atoms with van der Waals surface area (Å²) in [5, 5.41) is 4.30. The topological polar surface area (TPSA) is 56.6 Å². The Hall–Kier alpha value is -3.28. The van der Waals surface area contributed by atoms with Crippen LogP contribution in [0.25, 0.3) is 5.69 Å². The van der Waals surface area contributed by atoms with Crippen LogP contribution in [0.4, 0.5) is 0 Å². The molecule has 2 aromatic carbocycles. The fourth-order valence-electron chi connectivity index (χ4n) is 3.15. The predicted octanol–water partition coefficient (Wildman–Crippen LogP) is 3.57. The first kappa shape index (κ1) is 17.1. The van der Waals surface area contributed by atoms with E-state index in [-0.39, 0.29) is 12.7 Å². The smallest absolute Gasteiger partial charge is 0.254 e. The Kier molecular flexibility index (Phi) is 4.54. The second-order valence-electron chi connectivity index (χ2n) is 6.44. The SMILES string of the molecule is CCN(Cc1ccc2c(c1)OCO2)C(=O)c1ccc(-n2nccc2C)cc1. The maximum absolute atomic E-state index is 12.9. The van der Waals surface area contributed by atoms with E-state index in [2.05, 4.69) is 5.10 Å². The molecule has 0 aliphatic carbocycles. The third kappa shape index (κ3) is 3.38. The summed E-state index contributed by atoms with van der Waals surface area (Å²) in [6.07, 6.45) is 1.76. The molecular weight excluding hydrogens is 342 g/mol. The van der Waals surface area contributed by atoms with Gasteiger partial charge in [-0.15, -0.1) is 0 Å². The zero-order valence-electron chi connectivity index (χ0n) is 15.4. The van der Waals surface area contributed by atoms with Crippen molar-refractivity contribution in [2.24, 2.45) is 0 Å². The van der Waals surface area contributed by atoms with E-state index in [1.165, 1.54) is 0 Å². The molecule has 138 valence electrons. The summed E-state index contributed by atoms with van der Waals surface area (Å²) < 4.78 is 12.6. The normalized spacial score (nSPS) is 12.2.